The third kappa shape index (κ3) is 3.20. The number of para-hydroxylation sites is 1. The molecule has 1 amide bonds. The van der Waals surface area contributed by atoms with Gasteiger partial charge in [0.05, 0.1) is 6.54 Å². The minimum absolute atomic E-state index is 0.00661. The third-order valence-electron chi connectivity index (χ3n) is 3.14. The molecule has 1 fully saturated rings. The molecule has 1 unspecified atom stereocenters. The summed E-state index contributed by atoms with van der Waals surface area (Å²) in [6.07, 6.45) is 0.684. The molecule has 2 rings (SSSR count). The Balaban J connectivity index is 2.00. The SMILES string of the molecule is CNCC(=O)NC1CCN(c2c(F)cccc2F)C1. The van der Waals surface area contributed by atoms with Gasteiger partial charge in [0.15, 0.2) is 0 Å². The molecule has 0 saturated carbocycles. The van der Waals surface area contributed by atoms with Gasteiger partial charge in [-0.3, -0.25) is 4.79 Å². The molecular weight excluding hydrogens is 252 g/mol. The fourth-order valence-corrected chi connectivity index (χ4v) is 2.31. The van der Waals surface area contributed by atoms with E-state index in [9.17, 15) is 13.6 Å². The number of hydrogen-bond acceptors (Lipinski definition) is 3. The van der Waals surface area contributed by atoms with Gasteiger partial charge >= 0.3 is 0 Å². The number of halogens is 2. The van der Waals surface area contributed by atoms with E-state index >= 15 is 0 Å². The fraction of sp³-hybridized carbons (Fsp3) is 0.462. The number of anilines is 1. The number of hydrogen-bond donors (Lipinski definition) is 2. The summed E-state index contributed by atoms with van der Waals surface area (Å²) in [5.74, 6) is -1.24. The van der Waals surface area contributed by atoms with Crippen molar-refractivity contribution in [2.24, 2.45) is 0 Å². The van der Waals surface area contributed by atoms with Crippen LogP contribution in [0.1, 0.15) is 6.42 Å². The van der Waals surface area contributed by atoms with E-state index in [-0.39, 0.29) is 24.2 Å². The lowest BCUT2D eigenvalue weighted by atomic mass is 10.2. The molecular formula is C13H17F2N3O. The predicted molar refractivity (Wildman–Crippen MR) is 69.0 cm³/mol. The van der Waals surface area contributed by atoms with Crippen molar-refractivity contribution < 1.29 is 13.6 Å². The van der Waals surface area contributed by atoms with E-state index in [4.69, 9.17) is 0 Å². The molecule has 6 heteroatoms. The molecule has 1 saturated heterocycles. The van der Waals surface area contributed by atoms with E-state index in [2.05, 4.69) is 10.6 Å². The number of benzene rings is 1. The van der Waals surface area contributed by atoms with Gasteiger partial charge in [0.1, 0.15) is 17.3 Å². The molecule has 1 atom stereocenters. The summed E-state index contributed by atoms with van der Waals surface area (Å²) in [7, 11) is 1.69. The van der Waals surface area contributed by atoms with Crippen LogP contribution in [0.3, 0.4) is 0 Å². The highest BCUT2D eigenvalue weighted by Crippen LogP contribution is 2.26. The van der Waals surface area contributed by atoms with Gasteiger partial charge in [-0.1, -0.05) is 6.07 Å². The van der Waals surface area contributed by atoms with Gasteiger partial charge in [-0.15, -0.1) is 0 Å². The number of nitrogens with zero attached hydrogens (tertiary/aromatic N) is 1. The van der Waals surface area contributed by atoms with Gasteiger partial charge in [-0.05, 0) is 25.6 Å². The Morgan fingerprint density at radius 1 is 1.42 bits per heavy atom. The number of likely N-dealkylation sites (N-methyl/N-ethyl adjacent to an activating group) is 1. The summed E-state index contributed by atoms with van der Waals surface area (Å²) in [6.45, 7) is 1.19. The lowest BCUT2D eigenvalue weighted by molar-refractivity contribution is -0.120. The van der Waals surface area contributed by atoms with Crippen molar-refractivity contribution >= 4 is 11.6 Å². The number of carbonyl (C=O) groups excluding carboxylic acids is 1. The molecule has 0 bridgehead atoms. The first-order chi connectivity index (χ1) is 9.11. The number of nitrogens with one attached hydrogen (secondary N) is 2. The molecule has 0 spiro atoms. The molecule has 19 heavy (non-hydrogen) atoms. The van der Waals surface area contributed by atoms with Gasteiger partial charge in [0.25, 0.3) is 0 Å². The molecule has 1 aliphatic rings. The van der Waals surface area contributed by atoms with Crippen LogP contribution in [-0.2, 0) is 4.79 Å². The maximum Gasteiger partial charge on any atom is 0.234 e. The summed E-state index contributed by atoms with van der Waals surface area (Å²) < 4.78 is 27.3. The summed E-state index contributed by atoms with van der Waals surface area (Å²) in [6, 6.07) is 3.76. The van der Waals surface area contributed by atoms with E-state index in [1.54, 1.807) is 11.9 Å². The van der Waals surface area contributed by atoms with Crippen LogP contribution >= 0.6 is 0 Å². The second kappa shape index (κ2) is 5.97. The van der Waals surface area contributed by atoms with Gasteiger partial charge < -0.3 is 15.5 Å². The molecule has 1 aromatic carbocycles. The predicted octanol–water partition coefficient (Wildman–Crippen LogP) is 0.879. The van der Waals surface area contributed by atoms with Crippen LogP contribution in [0, 0.1) is 11.6 Å². The summed E-state index contributed by atoms with van der Waals surface area (Å²) >= 11 is 0. The standard InChI is InChI=1S/C13H17F2N3O/c1-16-7-12(19)17-9-5-6-18(8-9)13-10(14)3-2-4-11(13)15/h2-4,9,16H,5-8H2,1H3,(H,17,19). The van der Waals surface area contributed by atoms with E-state index in [0.29, 0.717) is 19.5 Å². The fourth-order valence-electron chi connectivity index (χ4n) is 2.31. The minimum Gasteiger partial charge on any atom is -0.365 e. The smallest absolute Gasteiger partial charge is 0.234 e. The van der Waals surface area contributed by atoms with Crippen molar-refractivity contribution in [3.63, 3.8) is 0 Å². The van der Waals surface area contributed by atoms with Crippen molar-refractivity contribution in [2.75, 3.05) is 31.6 Å². The first kappa shape index (κ1) is 13.7. The Morgan fingerprint density at radius 2 is 2.11 bits per heavy atom. The van der Waals surface area contributed by atoms with Crippen LogP contribution < -0.4 is 15.5 Å². The normalized spacial score (nSPS) is 18.7. The van der Waals surface area contributed by atoms with Crippen LogP contribution in [0.2, 0.25) is 0 Å². The topological polar surface area (TPSA) is 44.4 Å². The number of carbonyl (C=O) groups is 1. The molecule has 1 aromatic rings. The lowest BCUT2D eigenvalue weighted by Gasteiger charge is -2.20. The zero-order valence-corrected chi connectivity index (χ0v) is 10.7. The van der Waals surface area contributed by atoms with Crippen LogP contribution in [0.25, 0.3) is 0 Å². The van der Waals surface area contributed by atoms with Crippen molar-refractivity contribution in [3.05, 3.63) is 29.8 Å². The average Bonchev–Trinajstić information content (AvgIpc) is 2.77. The highest BCUT2D eigenvalue weighted by atomic mass is 19.1. The van der Waals surface area contributed by atoms with Gasteiger partial charge in [0, 0.05) is 19.1 Å². The number of rotatable bonds is 4. The summed E-state index contributed by atoms with van der Waals surface area (Å²) in [5, 5.41) is 5.59. The van der Waals surface area contributed by atoms with Crippen molar-refractivity contribution in [1.82, 2.24) is 10.6 Å². The van der Waals surface area contributed by atoms with Crippen molar-refractivity contribution in [2.45, 2.75) is 12.5 Å². The van der Waals surface area contributed by atoms with Crippen LogP contribution in [-0.4, -0.2) is 38.6 Å². The molecule has 1 aliphatic heterocycles. The van der Waals surface area contributed by atoms with Crippen LogP contribution in [0.5, 0.6) is 0 Å². The second-order valence-electron chi connectivity index (χ2n) is 4.60. The Hall–Kier alpha value is -1.69. The van der Waals surface area contributed by atoms with Gasteiger partial charge in [0.2, 0.25) is 5.91 Å². The largest absolute Gasteiger partial charge is 0.365 e. The first-order valence-electron chi connectivity index (χ1n) is 6.24. The number of amides is 1. The zero-order chi connectivity index (χ0) is 13.8. The monoisotopic (exact) mass is 269 g/mol. The average molecular weight is 269 g/mol. The van der Waals surface area contributed by atoms with Gasteiger partial charge in [-0.25, -0.2) is 8.78 Å². The highest BCUT2D eigenvalue weighted by Gasteiger charge is 2.27. The molecule has 0 aromatic heterocycles. The molecule has 0 radical (unpaired) electrons. The highest BCUT2D eigenvalue weighted by molar-refractivity contribution is 5.78. The molecule has 4 nitrogen and oxygen atoms in total. The molecule has 104 valence electrons. The third-order valence-corrected chi connectivity index (χ3v) is 3.14. The quantitative estimate of drug-likeness (QED) is 0.853. The minimum atomic E-state index is -0.567. The first-order valence-corrected chi connectivity index (χ1v) is 6.24. The van der Waals surface area contributed by atoms with Crippen molar-refractivity contribution in [1.29, 1.82) is 0 Å². The summed E-state index contributed by atoms with van der Waals surface area (Å²) in [5.41, 5.74) is -0.00661. The Morgan fingerprint density at radius 3 is 2.74 bits per heavy atom. The van der Waals surface area contributed by atoms with E-state index in [1.165, 1.54) is 18.2 Å². The van der Waals surface area contributed by atoms with Crippen molar-refractivity contribution in [3.8, 4) is 0 Å². The van der Waals surface area contributed by atoms with Crippen LogP contribution in [0.15, 0.2) is 18.2 Å². The second-order valence-corrected chi connectivity index (χ2v) is 4.60. The Kier molecular flexibility index (Phi) is 4.31. The molecule has 2 N–H and O–H groups in total. The van der Waals surface area contributed by atoms with E-state index in [0.717, 1.165) is 0 Å². The summed E-state index contributed by atoms with van der Waals surface area (Å²) in [4.78, 5) is 13.1. The maximum absolute atomic E-state index is 13.6. The molecule has 0 aliphatic carbocycles. The molecule has 1 heterocycles. The zero-order valence-electron chi connectivity index (χ0n) is 10.7. The lowest BCUT2D eigenvalue weighted by Crippen LogP contribution is -2.41. The van der Waals surface area contributed by atoms with Crippen LogP contribution in [0.4, 0.5) is 14.5 Å². The Bertz CT molecular complexity index is 447. The van der Waals surface area contributed by atoms with E-state index in [1.807, 2.05) is 0 Å². The maximum atomic E-state index is 13.6. The van der Waals surface area contributed by atoms with E-state index < -0.39 is 11.6 Å². The van der Waals surface area contributed by atoms with Gasteiger partial charge in [-0.2, -0.15) is 0 Å². The Labute approximate surface area is 110 Å².